The van der Waals surface area contributed by atoms with Crippen molar-refractivity contribution < 1.29 is 23.5 Å². The number of hydrogen-bond acceptors (Lipinski definition) is 4. The Morgan fingerprint density at radius 3 is 2.54 bits per heavy atom. The maximum absolute atomic E-state index is 14.2. The topological polar surface area (TPSA) is 57.5 Å². The van der Waals surface area contributed by atoms with Crippen molar-refractivity contribution in [2.24, 2.45) is 0 Å². The van der Waals surface area contributed by atoms with Crippen LogP contribution in [0.2, 0.25) is 0 Å². The van der Waals surface area contributed by atoms with E-state index in [4.69, 9.17) is 9.47 Å². The number of nitrogens with zero attached hydrogens (tertiary/aromatic N) is 1. The summed E-state index contributed by atoms with van der Waals surface area (Å²) in [4.78, 5) is 23.7. The lowest BCUT2D eigenvalue weighted by molar-refractivity contribution is 0.0919. The van der Waals surface area contributed by atoms with Crippen LogP contribution in [0, 0.1) is 19.7 Å². The Morgan fingerprint density at radius 1 is 1.11 bits per heavy atom. The first kappa shape index (κ1) is 19.4. The minimum Gasteiger partial charge on any atom is -0.493 e. The molecule has 2 aromatic carbocycles. The maximum atomic E-state index is 14.2. The van der Waals surface area contributed by atoms with Crippen molar-refractivity contribution in [1.29, 1.82) is 0 Å². The number of aromatic nitrogens is 1. The summed E-state index contributed by atoms with van der Waals surface area (Å²) in [5.74, 6) is 0.114. The monoisotopic (exact) mass is 381 g/mol. The van der Waals surface area contributed by atoms with Crippen LogP contribution in [0.4, 0.5) is 4.39 Å². The van der Waals surface area contributed by atoms with Crippen LogP contribution in [0.1, 0.15) is 32.1 Å². The number of carbonyl (C=O) groups is 2. The fourth-order valence-electron chi connectivity index (χ4n) is 3.15. The normalized spacial score (nSPS) is 10.6. The van der Waals surface area contributed by atoms with Crippen LogP contribution in [0.3, 0.4) is 0 Å². The number of Topliss-reactive ketones (excluding diaryl/α,β-unsaturated/α-hetero) is 1. The van der Waals surface area contributed by atoms with E-state index in [1.807, 2.05) is 6.92 Å². The molecule has 0 aliphatic carbocycles. The van der Waals surface area contributed by atoms with Gasteiger partial charge in [0.2, 0.25) is 5.78 Å². The summed E-state index contributed by atoms with van der Waals surface area (Å²) in [7, 11) is 1.48. The number of aldehydes is 1. The molecule has 6 heteroatoms. The van der Waals surface area contributed by atoms with E-state index in [2.05, 4.69) is 0 Å². The van der Waals surface area contributed by atoms with Crippen molar-refractivity contribution in [2.45, 2.75) is 13.8 Å². The number of hydrogen-bond donors (Lipinski definition) is 0. The van der Waals surface area contributed by atoms with Crippen molar-refractivity contribution in [3.8, 4) is 17.2 Å². The van der Waals surface area contributed by atoms with Crippen LogP contribution in [-0.4, -0.2) is 30.4 Å². The van der Waals surface area contributed by atoms with Crippen molar-refractivity contribution >= 4 is 12.1 Å². The van der Waals surface area contributed by atoms with Crippen LogP contribution in [0.5, 0.6) is 11.5 Å². The molecule has 0 saturated carbocycles. The SMILES string of the molecule is COc1ccc(C=O)cc1OCC(=O)c1cc(C)n(-c2ccccc2F)c1C. The van der Waals surface area contributed by atoms with Gasteiger partial charge in [0, 0.05) is 22.5 Å². The first-order valence-corrected chi connectivity index (χ1v) is 8.69. The van der Waals surface area contributed by atoms with Gasteiger partial charge in [-0.1, -0.05) is 12.1 Å². The third kappa shape index (κ3) is 3.67. The van der Waals surface area contributed by atoms with Gasteiger partial charge >= 0.3 is 0 Å². The number of rotatable bonds is 7. The number of halogens is 1. The molecule has 144 valence electrons. The summed E-state index contributed by atoms with van der Waals surface area (Å²) < 4.78 is 26.7. The summed E-state index contributed by atoms with van der Waals surface area (Å²) in [6, 6.07) is 12.8. The Morgan fingerprint density at radius 2 is 1.86 bits per heavy atom. The molecule has 3 rings (SSSR count). The molecule has 28 heavy (non-hydrogen) atoms. The van der Waals surface area contributed by atoms with Gasteiger partial charge in [0.15, 0.2) is 18.1 Å². The maximum Gasteiger partial charge on any atom is 0.202 e. The van der Waals surface area contributed by atoms with E-state index >= 15 is 0 Å². The average Bonchev–Trinajstić information content (AvgIpc) is 3.00. The highest BCUT2D eigenvalue weighted by Gasteiger charge is 2.19. The number of methoxy groups -OCH3 is 1. The highest BCUT2D eigenvalue weighted by atomic mass is 19.1. The molecule has 0 radical (unpaired) electrons. The molecule has 3 aromatic rings. The number of aryl methyl sites for hydroxylation is 1. The summed E-state index contributed by atoms with van der Waals surface area (Å²) in [6.45, 7) is 3.34. The Hall–Kier alpha value is -3.41. The number of para-hydroxylation sites is 1. The Kier molecular flexibility index (Phi) is 5.59. The molecule has 0 bridgehead atoms. The zero-order valence-electron chi connectivity index (χ0n) is 15.9. The standard InChI is InChI=1S/C22H20FNO4/c1-14-10-17(15(2)24(14)19-7-5-4-6-18(19)23)20(26)13-28-22-11-16(12-25)8-9-21(22)27-3/h4-12H,13H2,1-3H3. The molecule has 1 aromatic heterocycles. The molecule has 0 aliphatic heterocycles. The molecule has 0 unspecified atom stereocenters. The third-order valence-corrected chi connectivity index (χ3v) is 4.51. The summed E-state index contributed by atoms with van der Waals surface area (Å²) >= 11 is 0. The lowest BCUT2D eigenvalue weighted by atomic mass is 10.1. The van der Waals surface area contributed by atoms with E-state index in [-0.39, 0.29) is 18.2 Å². The van der Waals surface area contributed by atoms with Gasteiger partial charge in [-0.25, -0.2) is 4.39 Å². The van der Waals surface area contributed by atoms with Crippen molar-refractivity contribution in [2.75, 3.05) is 13.7 Å². The zero-order chi connectivity index (χ0) is 20.3. The number of carbonyl (C=O) groups excluding carboxylic acids is 2. The molecule has 1 heterocycles. The zero-order valence-corrected chi connectivity index (χ0v) is 15.9. The van der Waals surface area contributed by atoms with Crippen LogP contribution in [-0.2, 0) is 0 Å². The Bertz CT molecular complexity index is 1040. The predicted molar refractivity (Wildman–Crippen MR) is 103 cm³/mol. The molecule has 0 N–H and O–H groups in total. The second kappa shape index (κ2) is 8.08. The quantitative estimate of drug-likeness (QED) is 0.452. The molecule has 0 atom stereocenters. The van der Waals surface area contributed by atoms with Gasteiger partial charge in [-0.05, 0) is 50.2 Å². The first-order chi connectivity index (χ1) is 13.5. The number of ether oxygens (including phenoxy) is 2. The predicted octanol–water partition coefficient (Wildman–Crippen LogP) is 4.32. The van der Waals surface area contributed by atoms with Crippen molar-refractivity contribution in [3.05, 3.63) is 76.9 Å². The minimum atomic E-state index is -0.366. The molecule has 0 spiro atoms. The minimum absolute atomic E-state index is 0.236. The van der Waals surface area contributed by atoms with Gasteiger partial charge in [-0.3, -0.25) is 9.59 Å². The van der Waals surface area contributed by atoms with E-state index in [9.17, 15) is 14.0 Å². The number of ketones is 1. The Balaban J connectivity index is 1.86. The van der Waals surface area contributed by atoms with Crippen molar-refractivity contribution in [3.63, 3.8) is 0 Å². The molecule has 0 amide bonds. The molecule has 5 nitrogen and oxygen atoms in total. The van der Waals surface area contributed by atoms with E-state index < -0.39 is 0 Å². The first-order valence-electron chi connectivity index (χ1n) is 8.69. The fourth-order valence-corrected chi connectivity index (χ4v) is 3.15. The largest absolute Gasteiger partial charge is 0.493 e. The second-order valence-corrected chi connectivity index (χ2v) is 6.31. The van der Waals surface area contributed by atoms with Crippen LogP contribution >= 0.6 is 0 Å². The second-order valence-electron chi connectivity index (χ2n) is 6.31. The van der Waals surface area contributed by atoms with Crippen LogP contribution in [0.25, 0.3) is 5.69 Å². The van der Waals surface area contributed by atoms with Crippen LogP contribution < -0.4 is 9.47 Å². The smallest absolute Gasteiger partial charge is 0.202 e. The lowest BCUT2D eigenvalue weighted by Crippen LogP contribution is -2.13. The summed E-state index contributed by atoms with van der Waals surface area (Å²) in [6.07, 6.45) is 0.691. The highest BCUT2D eigenvalue weighted by Crippen LogP contribution is 2.28. The number of benzene rings is 2. The molecule has 0 saturated heterocycles. The Labute approximate surface area is 162 Å². The highest BCUT2D eigenvalue weighted by molar-refractivity contribution is 5.99. The van der Waals surface area contributed by atoms with E-state index in [0.717, 1.165) is 5.69 Å². The molecular formula is C22H20FNO4. The van der Waals surface area contributed by atoms with E-state index in [1.165, 1.54) is 19.2 Å². The van der Waals surface area contributed by atoms with Crippen LogP contribution in [0.15, 0.2) is 48.5 Å². The molecular weight excluding hydrogens is 361 g/mol. The molecule has 0 aliphatic rings. The fraction of sp³-hybridized carbons (Fsp3) is 0.182. The third-order valence-electron chi connectivity index (χ3n) is 4.51. The lowest BCUT2D eigenvalue weighted by Gasteiger charge is -2.12. The summed E-state index contributed by atoms with van der Waals surface area (Å²) in [5, 5.41) is 0. The van der Waals surface area contributed by atoms with Gasteiger partial charge in [0.1, 0.15) is 12.1 Å². The summed E-state index contributed by atoms with van der Waals surface area (Å²) in [5.41, 5.74) is 2.63. The van der Waals surface area contributed by atoms with Gasteiger partial charge in [0.25, 0.3) is 0 Å². The van der Waals surface area contributed by atoms with Gasteiger partial charge < -0.3 is 14.0 Å². The van der Waals surface area contributed by atoms with E-state index in [1.54, 1.807) is 47.9 Å². The van der Waals surface area contributed by atoms with Gasteiger partial charge in [0.05, 0.1) is 12.8 Å². The van der Waals surface area contributed by atoms with E-state index in [0.29, 0.717) is 40.3 Å². The van der Waals surface area contributed by atoms with Gasteiger partial charge in [-0.2, -0.15) is 0 Å². The van der Waals surface area contributed by atoms with Crippen molar-refractivity contribution in [1.82, 2.24) is 4.57 Å². The van der Waals surface area contributed by atoms with Gasteiger partial charge in [-0.15, -0.1) is 0 Å². The average molecular weight is 381 g/mol. The molecule has 0 fully saturated rings.